The molecule has 0 saturated carbocycles. The van der Waals surface area contributed by atoms with E-state index in [1.54, 1.807) is 29.9 Å². The Balaban J connectivity index is 2.61. The van der Waals surface area contributed by atoms with Crippen LogP contribution in [0.25, 0.3) is 0 Å². The van der Waals surface area contributed by atoms with E-state index in [0.29, 0.717) is 12.4 Å². The SMILES string of the molecule is C=CCOC(C)C(=O)Nc1ccnn1C(C)C. The van der Waals surface area contributed by atoms with Gasteiger partial charge in [-0.2, -0.15) is 5.10 Å². The summed E-state index contributed by atoms with van der Waals surface area (Å²) in [5, 5.41) is 6.92. The Kier molecular flexibility index (Phi) is 4.90. The average Bonchev–Trinajstić information content (AvgIpc) is 2.73. The van der Waals surface area contributed by atoms with Crippen molar-refractivity contribution in [2.45, 2.75) is 32.9 Å². The van der Waals surface area contributed by atoms with Gasteiger partial charge in [-0.15, -0.1) is 6.58 Å². The highest BCUT2D eigenvalue weighted by Crippen LogP contribution is 2.13. The van der Waals surface area contributed by atoms with E-state index in [1.165, 1.54) is 0 Å². The largest absolute Gasteiger partial charge is 0.365 e. The predicted molar refractivity (Wildman–Crippen MR) is 66.9 cm³/mol. The van der Waals surface area contributed by atoms with E-state index >= 15 is 0 Å². The fourth-order valence-corrected chi connectivity index (χ4v) is 1.34. The molecule has 1 aromatic heterocycles. The Morgan fingerprint density at radius 2 is 2.35 bits per heavy atom. The highest BCUT2D eigenvalue weighted by molar-refractivity contribution is 5.93. The lowest BCUT2D eigenvalue weighted by molar-refractivity contribution is -0.125. The Hall–Kier alpha value is -1.62. The molecule has 1 heterocycles. The van der Waals surface area contributed by atoms with Crippen LogP contribution in [0.5, 0.6) is 0 Å². The normalized spacial score (nSPS) is 12.5. The number of hydrogen-bond acceptors (Lipinski definition) is 3. The van der Waals surface area contributed by atoms with Crippen LogP contribution in [-0.2, 0) is 9.53 Å². The summed E-state index contributed by atoms with van der Waals surface area (Å²) in [5.74, 6) is 0.494. The maximum atomic E-state index is 11.8. The molecule has 0 saturated heterocycles. The van der Waals surface area contributed by atoms with Gasteiger partial charge in [-0.1, -0.05) is 6.08 Å². The molecule has 1 rings (SSSR count). The zero-order chi connectivity index (χ0) is 12.8. The summed E-state index contributed by atoms with van der Waals surface area (Å²) in [5.41, 5.74) is 0. The molecule has 1 unspecified atom stereocenters. The van der Waals surface area contributed by atoms with E-state index in [1.807, 2.05) is 13.8 Å². The van der Waals surface area contributed by atoms with E-state index in [0.717, 1.165) is 0 Å². The summed E-state index contributed by atoms with van der Waals surface area (Å²) >= 11 is 0. The second-order valence-corrected chi connectivity index (χ2v) is 4.01. The van der Waals surface area contributed by atoms with Gasteiger partial charge in [-0.25, -0.2) is 4.68 Å². The van der Waals surface area contributed by atoms with Gasteiger partial charge < -0.3 is 10.1 Å². The van der Waals surface area contributed by atoms with Crippen molar-refractivity contribution in [3.8, 4) is 0 Å². The Morgan fingerprint density at radius 1 is 1.65 bits per heavy atom. The van der Waals surface area contributed by atoms with Gasteiger partial charge >= 0.3 is 0 Å². The molecule has 0 fully saturated rings. The molecule has 0 radical (unpaired) electrons. The summed E-state index contributed by atoms with van der Waals surface area (Å²) in [4.78, 5) is 11.8. The zero-order valence-corrected chi connectivity index (χ0v) is 10.5. The van der Waals surface area contributed by atoms with Crippen LogP contribution < -0.4 is 5.32 Å². The second-order valence-electron chi connectivity index (χ2n) is 4.01. The first-order chi connectivity index (χ1) is 8.06. The zero-order valence-electron chi connectivity index (χ0n) is 10.5. The molecule has 1 N–H and O–H groups in total. The molecule has 1 aromatic rings. The van der Waals surface area contributed by atoms with Crippen molar-refractivity contribution in [3.05, 3.63) is 24.9 Å². The number of hydrogen-bond donors (Lipinski definition) is 1. The summed E-state index contributed by atoms with van der Waals surface area (Å²) in [6.45, 7) is 9.60. The number of rotatable bonds is 6. The van der Waals surface area contributed by atoms with E-state index < -0.39 is 6.10 Å². The summed E-state index contributed by atoms with van der Waals surface area (Å²) in [6.07, 6.45) is 2.76. The minimum Gasteiger partial charge on any atom is -0.365 e. The Labute approximate surface area is 101 Å². The first kappa shape index (κ1) is 13.4. The number of ether oxygens (including phenoxy) is 1. The second kappa shape index (κ2) is 6.20. The van der Waals surface area contributed by atoms with Gasteiger partial charge in [-0.05, 0) is 20.8 Å². The van der Waals surface area contributed by atoms with Crippen LogP contribution in [0.15, 0.2) is 24.9 Å². The van der Waals surface area contributed by atoms with Crippen molar-refractivity contribution >= 4 is 11.7 Å². The van der Waals surface area contributed by atoms with E-state index in [9.17, 15) is 4.79 Å². The van der Waals surface area contributed by atoms with E-state index in [4.69, 9.17) is 4.74 Å². The van der Waals surface area contributed by atoms with Crippen LogP contribution in [0.3, 0.4) is 0 Å². The lowest BCUT2D eigenvalue weighted by atomic mass is 10.3. The predicted octanol–water partition coefficient (Wildman–Crippen LogP) is 1.99. The molecular formula is C12H19N3O2. The minimum absolute atomic E-state index is 0.186. The van der Waals surface area contributed by atoms with Crippen LogP contribution in [0, 0.1) is 0 Å². The number of nitrogens with one attached hydrogen (secondary N) is 1. The molecule has 5 heteroatoms. The number of amides is 1. The molecule has 0 aromatic carbocycles. The van der Waals surface area contributed by atoms with Crippen LogP contribution in [0.4, 0.5) is 5.82 Å². The molecule has 1 atom stereocenters. The standard InChI is InChI=1S/C12H19N3O2/c1-5-8-17-10(4)12(16)14-11-6-7-13-15(11)9(2)3/h5-7,9-10H,1,8H2,2-4H3,(H,14,16). The monoisotopic (exact) mass is 237 g/mol. The highest BCUT2D eigenvalue weighted by Gasteiger charge is 2.15. The van der Waals surface area contributed by atoms with Gasteiger partial charge in [0.1, 0.15) is 11.9 Å². The van der Waals surface area contributed by atoms with Crippen molar-refractivity contribution in [1.82, 2.24) is 9.78 Å². The average molecular weight is 237 g/mol. The first-order valence-corrected chi connectivity index (χ1v) is 5.63. The molecule has 0 aliphatic carbocycles. The third-order valence-corrected chi connectivity index (χ3v) is 2.24. The number of carbonyl (C=O) groups is 1. The van der Waals surface area contributed by atoms with Crippen molar-refractivity contribution in [1.29, 1.82) is 0 Å². The number of anilines is 1. The van der Waals surface area contributed by atoms with E-state index in [-0.39, 0.29) is 11.9 Å². The number of nitrogens with zero attached hydrogens (tertiary/aromatic N) is 2. The summed E-state index contributed by atoms with van der Waals surface area (Å²) in [6, 6.07) is 1.96. The molecule has 0 aliphatic heterocycles. The van der Waals surface area contributed by atoms with Crippen LogP contribution in [0.1, 0.15) is 26.8 Å². The van der Waals surface area contributed by atoms with Crippen molar-refractivity contribution in [2.75, 3.05) is 11.9 Å². The summed E-state index contributed by atoms with van der Waals surface area (Å²) < 4.78 is 6.99. The van der Waals surface area contributed by atoms with E-state index in [2.05, 4.69) is 17.0 Å². The van der Waals surface area contributed by atoms with Gasteiger partial charge in [0.15, 0.2) is 0 Å². The topological polar surface area (TPSA) is 56.1 Å². The lowest BCUT2D eigenvalue weighted by Gasteiger charge is -2.15. The van der Waals surface area contributed by atoms with Gasteiger partial charge in [0.25, 0.3) is 5.91 Å². The third-order valence-electron chi connectivity index (χ3n) is 2.24. The quantitative estimate of drug-likeness (QED) is 0.770. The van der Waals surface area contributed by atoms with Crippen molar-refractivity contribution in [2.24, 2.45) is 0 Å². The van der Waals surface area contributed by atoms with Gasteiger partial charge in [0, 0.05) is 12.1 Å². The van der Waals surface area contributed by atoms with Crippen LogP contribution in [0.2, 0.25) is 0 Å². The molecule has 0 bridgehead atoms. The van der Waals surface area contributed by atoms with Gasteiger partial charge in [-0.3, -0.25) is 4.79 Å². The number of carbonyl (C=O) groups excluding carboxylic acids is 1. The molecule has 1 amide bonds. The molecule has 94 valence electrons. The Morgan fingerprint density at radius 3 is 2.94 bits per heavy atom. The molecule has 5 nitrogen and oxygen atoms in total. The highest BCUT2D eigenvalue weighted by atomic mass is 16.5. The third kappa shape index (κ3) is 3.71. The van der Waals surface area contributed by atoms with Crippen molar-refractivity contribution < 1.29 is 9.53 Å². The molecule has 17 heavy (non-hydrogen) atoms. The maximum absolute atomic E-state index is 11.8. The van der Waals surface area contributed by atoms with Crippen molar-refractivity contribution in [3.63, 3.8) is 0 Å². The smallest absolute Gasteiger partial charge is 0.254 e. The van der Waals surface area contributed by atoms with Crippen LogP contribution >= 0.6 is 0 Å². The number of aromatic nitrogens is 2. The lowest BCUT2D eigenvalue weighted by Crippen LogP contribution is -2.29. The minimum atomic E-state index is -0.511. The molecule has 0 spiro atoms. The fraction of sp³-hybridized carbons (Fsp3) is 0.500. The Bertz CT molecular complexity index is 385. The maximum Gasteiger partial charge on any atom is 0.254 e. The molecular weight excluding hydrogens is 218 g/mol. The summed E-state index contributed by atoms with van der Waals surface area (Å²) in [7, 11) is 0. The fourth-order valence-electron chi connectivity index (χ4n) is 1.34. The van der Waals surface area contributed by atoms with Gasteiger partial charge in [0.2, 0.25) is 0 Å². The first-order valence-electron chi connectivity index (χ1n) is 5.63. The van der Waals surface area contributed by atoms with Gasteiger partial charge in [0.05, 0.1) is 12.8 Å². The molecule has 0 aliphatic rings. The van der Waals surface area contributed by atoms with Crippen LogP contribution in [-0.4, -0.2) is 28.4 Å².